The molecule has 0 saturated carbocycles. The average Bonchev–Trinajstić information content (AvgIpc) is 2.88. The maximum Gasteiger partial charge on any atom is 0.0746 e. The van der Waals surface area contributed by atoms with Crippen LogP contribution in [0.5, 0.6) is 0 Å². The molecule has 100 valence electrons. The molecule has 2 aliphatic heterocycles. The molecule has 1 unspecified atom stereocenters. The van der Waals surface area contributed by atoms with Gasteiger partial charge in [-0.1, -0.05) is 0 Å². The maximum absolute atomic E-state index is 6.05. The summed E-state index contributed by atoms with van der Waals surface area (Å²) in [7, 11) is 0. The molecule has 0 aliphatic carbocycles. The van der Waals surface area contributed by atoms with Gasteiger partial charge in [0.2, 0.25) is 0 Å². The van der Waals surface area contributed by atoms with Gasteiger partial charge in [0, 0.05) is 38.1 Å². The Morgan fingerprint density at radius 2 is 2.22 bits per heavy atom. The van der Waals surface area contributed by atoms with E-state index < -0.39 is 0 Å². The average molecular weight is 251 g/mol. The largest absolute Gasteiger partial charge is 0.381 e. The number of nitrogens with zero attached hydrogens (tertiary/aromatic N) is 2. The van der Waals surface area contributed by atoms with E-state index in [1.807, 2.05) is 6.20 Å². The molecule has 5 nitrogen and oxygen atoms in total. The van der Waals surface area contributed by atoms with Crippen LogP contribution >= 0.6 is 0 Å². The third-order valence-electron chi connectivity index (χ3n) is 4.14. The summed E-state index contributed by atoms with van der Waals surface area (Å²) in [5, 5.41) is 4.44. The van der Waals surface area contributed by atoms with Gasteiger partial charge in [0.05, 0.1) is 17.8 Å². The van der Waals surface area contributed by atoms with E-state index in [1.54, 1.807) is 0 Å². The smallest absolute Gasteiger partial charge is 0.0746 e. The highest BCUT2D eigenvalue weighted by Gasteiger charge is 2.39. The second-order valence-corrected chi connectivity index (χ2v) is 5.32. The van der Waals surface area contributed by atoms with E-state index in [4.69, 9.17) is 15.2 Å². The molecule has 0 amide bonds. The molecule has 1 atom stereocenters. The fourth-order valence-corrected chi connectivity index (χ4v) is 3.00. The minimum absolute atomic E-state index is 0.0238. The molecule has 0 aromatic carbocycles. The lowest BCUT2D eigenvalue weighted by molar-refractivity contribution is -0.145. The summed E-state index contributed by atoms with van der Waals surface area (Å²) in [5.41, 5.74) is 6.76. The van der Waals surface area contributed by atoms with Gasteiger partial charge in [-0.3, -0.25) is 4.68 Å². The minimum atomic E-state index is 0.0238. The third kappa shape index (κ3) is 2.30. The lowest BCUT2D eigenvalue weighted by Crippen LogP contribution is -2.44. The summed E-state index contributed by atoms with van der Waals surface area (Å²) in [6.07, 6.45) is 8.04. The Balaban J connectivity index is 1.73. The lowest BCUT2D eigenvalue weighted by Gasteiger charge is -2.43. The molecule has 0 bridgehead atoms. The zero-order valence-corrected chi connectivity index (χ0v) is 10.7. The van der Waals surface area contributed by atoms with Gasteiger partial charge in [-0.05, 0) is 25.7 Å². The van der Waals surface area contributed by atoms with Gasteiger partial charge in [-0.15, -0.1) is 0 Å². The zero-order valence-electron chi connectivity index (χ0n) is 10.7. The molecule has 5 heteroatoms. The molecule has 18 heavy (non-hydrogen) atoms. The molecule has 2 N–H and O–H groups in total. The van der Waals surface area contributed by atoms with Crippen molar-refractivity contribution in [3.8, 4) is 0 Å². The molecule has 2 aliphatic rings. The van der Waals surface area contributed by atoms with Gasteiger partial charge in [0.1, 0.15) is 0 Å². The van der Waals surface area contributed by atoms with Crippen molar-refractivity contribution in [2.24, 2.45) is 5.73 Å². The maximum atomic E-state index is 6.05. The predicted molar refractivity (Wildman–Crippen MR) is 67.1 cm³/mol. The topological polar surface area (TPSA) is 62.3 Å². The normalized spacial score (nSPS) is 27.5. The SMILES string of the molecule is NCc1cnn(C2CCOC3(CCOCC3)C2)c1. The number of nitrogens with two attached hydrogens (primary N) is 1. The number of aromatic nitrogens is 2. The molecule has 3 rings (SSSR count). The summed E-state index contributed by atoms with van der Waals surface area (Å²) in [5.74, 6) is 0. The van der Waals surface area contributed by atoms with E-state index in [9.17, 15) is 0 Å². The van der Waals surface area contributed by atoms with Gasteiger partial charge in [0.15, 0.2) is 0 Å². The second kappa shape index (κ2) is 4.99. The Bertz CT molecular complexity index is 393. The zero-order chi connectivity index (χ0) is 12.4. The number of hydrogen-bond acceptors (Lipinski definition) is 4. The van der Waals surface area contributed by atoms with Crippen molar-refractivity contribution in [2.45, 2.75) is 43.9 Å². The number of hydrogen-bond donors (Lipinski definition) is 1. The van der Waals surface area contributed by atoms with Crippen molar-refractivity contribution < 1.29 is 9.47 Å². The van der Waals surface area contributed by atoms with Crippen LogP contribution in [0.15, 0.2) is 12.4 Å². The Morgan fingerprint density at radius 1 is 1.39 bits per heavy atom. The van der Waals surface area contributed by atoms with E-state index in [2.05, 4.69) is 16.0 Å². The highest BCUT2D eigenvalue weighted by Crippen LogP contribution is 2.38. The van der Waals surface area contributed by atoms with Crippen LogP contribution in [0.2, 0.25) is 0 Å². The van der Waals surface area contributed by atoms with Crippen molar-refractivity contribution in [3.05, 3.63) is 18.0 Å². The first-order valence-electron chi connectivity index (χ1n) is 6.76. The summed E-state index contributed by atoms with van der Waals surface area (Å²) < 4.78 is 13.6. The summed E-state index contributed by atoms with van der Waals surface area (Å²) in [4.78, 5) is 0. The van der Waals surface area contributed by atoms with Crippen LogP contribution in [0.1, 0.15) is 37.3 Å². The van der Waals surface area contributed by atoms with Gasteiger partial charge < -0.3 is 15.2 Å². The summed E-state index contributed by atoms with van der Waals surface area (Å²) in [6, 6.07) is 0.442. The Kier molecular flexibility index (Phi) is 3.37. The first-order valence-corrected chi connectivity index (χ1v) is 6.76. The van der Waals surface area contributed by atoms with E-state index in [1.165, 1.54) is 0 Å². The van der Waals surface area contributed by atoms with Crippen molar-refractivity contribution in [1.82, 2.24) is 9.78 Å². The molecule has 1 aromatic rings. The Labute approximate surface area is 107 Å². The Hall–Kier alpha value is -0.910. The van der Waals surface area contributed by atoms with Crippen molar-refractivity contribution in [1.29, 1.82) is 0 Å². The first kappa shape index (κ1) is 12.1. The molecule has 2 fully saturated rings. The first-order chi connectivity index (χ1) is 8.81. The van der Waals surface area contributed by atoms with Crippen LogP contribution in [-0.4, -0.2) is 35.2 Å². The fraction of sp³-hybridized carbons (Fsp3) is 0.769. The molecule has 1 spiro atoms. The van der Waals surface area contributed by atoms with Crippen molar-refractivity contribution >= 4 is 0 Å². The number of ether oxygens (including phenoxy) is 2. The van der Waals surface area contributed by atoms with Crippen LogP contribution in [-0.2, 0) is 16.0 Å². The third-order valence-corrected chi connectivity index (χ3v) is 4.14. The lowest BCUT2D eigenvalue weighted by atomic mass is 9.84. The van der Waals surface area contributed by atoms with Gasteiger partial charge in [-0.25, -0.2) is 0 Å². The molecule has 2 saturated heterocycles. The molecular weight excluding hydrogens is 230 g/mol. The monoisotopic (exact) mass is 251 g/mol. The summed E-state index contributed by atoms with van der Waals surface area (Å²) in [6.45, 7) is 3.02. The molecule has 1 aromatic heterocycles. The predicted octanol–water partition coefficient (Wildman–Crippen LogP) is 1.24. The highest BCUT2D eigenvalue weighted by molar-refractivity contribution is 5.04. The van der Waals surface area contributed by atoms with Crippen LogP contribution in [0.3, 0.4) is 0 Å². The van der Waals surface area contributed by atoms with E-state index in [0.717, 1.165) is 51.1 Å². The van der Waals surface area contributed by atoms with Crippen LogP contribution in [0.4, 0.5) is 0 Å². The van der Waals surface area contributed by atoms with E-state index in [-0.39, 0.29) is 5.60 Å². The van der Waals surface area contributed by atoms with Crippen molar-refractivity contribution in [3.63, 3.8) is 0 Å². The van der Waals surface area contributed by atoms with E-state index >= 15 is 0 Å². The molecular formula is C13H21N3O2. The standard InChI is InChI=1S/C13H21N3O2/c14-8-11-9-15-16(10-11)12-1-4-18-13(7-12)2-5-17-6-3-13/h9-10,12H,1-8,14H2. The summed E-state index contributed by atoms with van der Waals surface area (Å²) >= 11 is 0. The Morgan fingerprint density at radius 3 is 2.94 bits per heavy atom. The highest BCUT2D eigenvalue weighted by atomic mass is 16.5. The van der Waals surface area contributed by atoms with Crippen LogP contribution in [0, 0.1) is 0 Å². The molecule has 0 radical (unpaired) electrons. The van der Waals surface area contributed by atoms with Crippen LogP contribution in [0.25, 0.3) is 0 Å². The van der Waals surface area contributed by atoms with E-state index in [0.29, 0.717) is 12.6 Å². The van der Waals surface area contributed by atoms with Crippen LogP contribution < -0.4 is 5.73 Å². The quantitative estimate of drug-likeness (QED) is 0.859. The molecule has 3 heterocycles. The van der Waals surface area contributed by atoms with Gasteiger partial charge in [-0.2, -0.15) is 5.10 Å². The van der Waals surface area contributed by atoms with Gasteiger partial charge >= 0.3 is 0 Å². The second-order valence-electron chi connectivity index (χ2n) is 5.32. The fourth-order valence-electron chi connectivity index (χ4n) is 3.00. The minimum Gasteiger partial charge on any atom is -0.381 e. The van der Waals surface area contributed by atoms with Crippen molar-refractivity contribution in [2.75, 3.05) is 19.8 Å². The number of rotatable bonds is 2. The van der Waals surface area contributed by atoms with Gasteiger partial charge in [0.25, 0.3) is 0 Å².